The molecule has 9 nitrogen and oxygen atoms in total. The Labute approximate surface area is 228 Å². The standard InChI is InChI=1S/C26H22F6N4O5/c1-40-16-6-7-17(20(27)10-16)19-12-35(21-8-9-34-36(25(21)39)13-22(28)29)24(38)18(19)11-33-23(37)14-2-4-15(5-3-14)41-26(30,31)32/h2-10,18-19,22H,11-13H2,1H3,(H,33,37)/t18?,19-/m0/s1. The number of hydrogen-bond acceptors (Lipinski definition) is 6. The average Bonchev–Trinajstić information content (AvgIpc) is 3.23. The number of carbonyl (C=O) groups is 2. The van der Waals surface area contributed by atoms with Gasteiger partial charge < -0.3 is 19.7 Å². The van der Waals surface area contributed by atoms with E-state index in [1.807, 2.05) is 0 Å². The van der Waals surface area contributed by atoms with Crippen LogP contribution in [0.4, 0.5) is 32.0 Å². The van der Waals surface area contributed by atoms with Crippen molar-refractivity contribution in [1.82, 2.24) is 15.1 Å². The Balaban J connectivity index is 1.61. The molecule has 2 aromatic carbocycles. The Morgan fingerprint density at radius 2 is 1.78 bits per heavy atom. The summed E-state index contributed by atoms with van der Waals surface area (Å²) in [6, 6.07) is 9.19. The van der Waals surface area contributed by atoms with E-state index < -0.39 is 60.1 Å². The first kappa shape index (κ1) is 29.4. The molecule has 2 amide bonds. The predicted octanol–water partition coefficient (Wildman–Crippen LogP) is 3.73. The fourth-order valence-electron chi connectivity index (χ4n) is 4.50. The lowest BCUT2D eigenvalue weighted by Crippen LogP contribution is -2.38. The van der Waals surface area contributed by atoms with Crippen LogP contribution in [0, 0.1) is 11.7 Å². The Bertz CT molecular complexity index is 1480. The molecule has 3 aromatic rings. The van der Waals surface area contributed by atoms with Crippen molar-refractivity contribution < 1.29 is 45.4 Å². The summed E-state index contributed by atoms with van der Waals surface area (Å²) in [5, 5.41) is 6.12. The first-order valence-electron chi connectivity index (χ1n) is 12.0. The van der Waals surface area contributed by atoms with E-state index >= 15 is 4.39 Å². The molecule has 2 atom stereocenters. The molecular weight excluding hydrogens is 562 g/mol. The van der Waals surface area contributed by atoms with Gasteiger partial charge >= 0.3 is 6.36 Å². The molecule has 4 rings (SSSR count). The Kier molecular flexibility index (Phi) is 8.54. The lowest BCUT2D eigenvalue weighted by molar-refractivity contribution is -0.274. The number of ether oxygens (including phenoxy) is 2. The van der Waals surface area contributed by atoms with Gasteiger partial charge in [0, 0.05) is 36.8 Å². The van der Waals surface area contributed by atoms with E-state index in [0.717, 1.165) is 41.4 Å². The van der Waals surface area contributed by atoms with E-state index in [2.05, 4.69) is 15.2 Å². The van der Waals surface area contributed by atoms with Crippen molar-refractivity contribution >= 4 is 17.5 Å². The van der Waals surface area contributed by atoms with Gasteiger partial charge in [-0.3, -0.25) is 14.4 Å². The average molecular weight is 584 g/mol. The van der Waals surface area contributed by atoms with Crippen LogP contribution in [0.2, 0.25) is 0 Å². The van der Waals surface area contributed by atoms with Crippen LogP contribution in [0.3, 0.4) is 0 Å². The third-order valence-corrected chi connectivity index (χ3v) is 6.38. The van der Waals surface area contributed by atoms with Gasteiger partial charge in [0.05, 0.1) is 13.0 Å². The lowest BCUT2D eigenvalue weighted by Gasteiger charge is -2.19. The van der Waals surface area contributed by atoms with Gasteiger partial charge in [-0.05, 0) is 42.0 Å². The highest BCUT2D eigenvalue weighted by Crippen LogP contribution is 2.37. The number of halogens is 6. The topological polar surface area (TPSA) is 103 Å². The summed E-state index contributed by atoms with van der Waals surface area (Å²) in [5.41, 5.74) is -1.17. The zero-order chi connectivity index (χ0) is 29.9. The van der Waals surface area contributed by atoms with Gasteiger partial charge in [-0.1, -0.05) is 6.07 Å². The largest absolute Gasteiger partial charge is 0.573 e. The van der Waals surface area contributed by atoms with Crippen LogP contribution in [0.5, 0.6) is 11.5 Å². The zero-order valence-corrected chi connectivity index (χ0v) is 21.2. The molecular formula is C26H22F6N4O5. The second kappa shape index (κ2) is 11.9. The minimum Gasteiger partial charge on any atom is -0.497 e. The molecule has 2 heterocycles. The normalized spacial score (nSPS) is 17.2. The van der Waals surface area contributed by atoms with Crippen molar-refractivity contribution in [3.63, 3.8) is 0 Å². The molecule has 41 heavy (non-hydrogen) atoms. The molecule has 0 spiro atoms. The van der Waals surface area contributed by atoms with Gasteiger partial charge in [0.2, 0.25) is 5.91 Å². The van der Waals surface area contributed by atoms with E-state index in [1.165, 1.54) is 25.3 Å². The molecule has 1 fully saturated rings. The van der Waals surface area contributed by atoms with E-state index in [1.54, 1.807) is 0 Å². The Morgan fingerprint density at radius 1 is 1.10 bits per heavy atom. The van der Waals surface area contributed by atoms with Crippen molar-refractivity contribution in [2.75, 3.05) is 25.1 Å². The van der Waals surface area contributed by atoms with Gasteiger partial charge in [0.15, 0.2) is 0 Å². The molecule has 0 radical (unpaired) electrons. The van der Waals surface area contributed by atoms with E-state index in [-0.39, 0.29) is 35.7 Å². The summed E-state index contributed by atoms with van der Waals surface area (Å²) >= 11 is 0. The van der Waals surface area contributed by atoms with Crippen LogP contribution in [0.15, 0.2) is 59.5 Å². The number of nitrogens with zero attached hydrogens (tertiary/aromatic N) is 3. The molecule has 1 aliphatic rings. The number of alkyl halides is 5. The molecule has 1 aromatic heterocycles. The van der Waals surface area contributed by atoms with E-state index in [0.29, 0.717) is 4.68 Å². The van der Waals surface area contributed by atoms with Crippen LogP contribution in [0.1, 0.15) is 21.8 Å². The number of rotatable bonds is 9. The lowest BCUT2D eigenvalue weighted by atomic mass is 9.88. The molecule has 15 heteroatoms. The van der Waals surface area contributed by atoms with Gasteiger partial charge in [0.1, 0.15) is 29.5 Å². The highest BCUT2D eigenvalue weighted by Gasteiger charge is 2.44. The maximum absolute atomic E-state index is 15.1. The van der Waals surface area contributed by atoms with Crippen LogP contribution in [-0.4, -0.2) is 54.6 Å². The number of anilines is 1. The molecule has 218 valence electrons. The van der Waals surface area contributed by atoms with Crippen LogP contribution < -0.4 is 25.2 Å². The quantitative estimate of drug-likeness (QED) is 0.385. The summed E-state index contributed by atoms with van der Waals surface area (Å²) in [5.74, 6) is -4.48. The monoisotopic (exact) mass is 584 g/mol. The maximum Gasteiger partial charge on any atom is 0.573 e. The minimum absolute atomic E-state index is 0.0435. The van der Waals surface area contributed by atoms with Crippen molar-refractivity contribution in [3.8, 4) is 11.5 Å². The third-order valence-electron chi connectivity index (χ3n) is 6.38. The van der Waals surface area contributed by atoms with Crippen LogP contribution in [-0.2, 0) is 11.3 Å². The summed E-state index contributed by atoms with van der Waals surface area (Å²) in [6.45, 7) is -1.57. The first-order valence-corrected chi connectivity index (χ1v) is 12.0. The fraction of sp³-hybridized carbons (Fsp3) is 0.308. The molecule has 0 aliphatic carbocycles. The Hall–Kier alpha value is -4.56. The van der Waals surface area contributed by atoms with E-state index in [9.17, 15) is 36.3 Å². The summed E-state index contributed by atoms with van der Waals surface area (Å²) in [6.07, 6.45) is -6.72. The summed E-state index contributed by atoms with van der Waals surface area (Å²) in [7, 11) is 1.34. The molecule has 1 saturated heterocycles. The van der Waals surface area contributed by atoms with Crippen molar-refractivity contribution in [1.29, 1.82) is 0 Å². The smallest absolute Gasteiger partial charge is 0.497 e. The Morgan fingerprint density at radius 3 is 2.39 bits per heavy atom. The zero-order valence-electron chi connectivity index (χ0n) is 21.2. The fourth-order valence-corrected chi connectivity index (χ4v) is 4.50. The summed E-state index contributed by atoms with van der Waals surface area (Å²) in [4.78, 5) is 40.1. The SMILES string of the molecule is COc1ccc([C@@H]2CN(c3ccnn(CC(F)F)c3=O)C(=O)C2CNC(=O)c2ccc(OC(F)(F)F)cc2)c(F)c1. The van der Waals surface area contributed by atoms with Gasteiger partial charge in [-0.15, -0.1) is 13.2 Å². The minimum atomic E-state index is -4.91. The van der Waals surface area contributed by atoms with Gasteiger partial charge in [-0.2, -0.15) is 5.10 Å². The molecule has 0 saturated carbocycles. The predicted molar refractivity (Wildman–Crippen MR) is 131 cm³/mol. The highest BCUT2D eigenvalue weighted by atomic mass is 19.4. The number of methoxy groups -OCH3 is 1. The number of nitrogens with one attached hydrogen (secondary N) is 1. The molecule has 1 aliphatic heterocycles. The van der Waals surface area contributed by atoms with Crippen molar-refractivity contribution in [3.05, 3.63) is 82.0 Å². The number of benzene rings is 2. The molecule has 0 bridgehead atoms. The molecule has 1 unspecified atom stereocenters. The van der Waals surface area contributed by atoms with E-state index in [4.69, 9.17) is 4.74 Å². The summed E-state index contributed by atoms with van der Waals surface area (Å²) < 4.78 is 87.4. The maximum atomic E-state index is 15.1. The first-order chi connectivity index (χ1) is 19.4. The highest BCUT2D eigenvalue weighted by molar-refractivity contribution is 5.99. The van der Waals surface area contributed by atoms with Gasteiger partial charge in [-0.25, -0.2) is 17.9 Å². The molecule has 1 N–H and O–H groups in total. The van der Waals surface area contributed by atoms with Crippen molar-refractivity contribution in [2.45, 2.75) is 25.3 Å². The van der Waals surface area contributed by atoms with Gasteiger partial charge in [0.25, 0.3) is 17.9 Å². The third kappa shape index (κ3) is 6.78. The van der Waals surface area contributed by atoms with Crippen LogP contribution >= 0.6 is 0 Å². The number of hydrogen-bond donors (Lipinski definition) is 1. The second-order valence-corrected chi connectivity index (χ2v) is 8.93. The van der Waals surface area contributed by atoms with Crippen LogP contribution in [0.25, 0.3) is 0 Å². The van der Waals surface area contributed by atoms with Crippen molar-refractivity contribution in [2.24, 2.45) is 5.92 Å². The number of amides is 2. The number of carbonyl (C=O) groups excluding carboxylic acids is 2. The second-order valence-electron chi connectivity index (χ2n) is 8.93. The number of aromatic nitrogens is 2.